The third-order valence-corrected chi connectivity index (χ3v) is 5.12. The Morgan fingerprint density at radius 1 is 0.962 bits per heavy atom. The molecule has 1 saturated heterocycles. The third-order valence-electron chi connectivity index (χ3n) is 5.12. The lowest BCUT2D eigenvalue weighted by Crippen LogP contribution is -2.50. The number of aliphatic hydroxyl groups excluding tert-OH is 2. The minimum atomic E-state index is -0.719. The van der Waals surface area contributed by atoms with Crippen LogP contribution in [-0.4, -0.2) is 65.4 Å². The molecule has 2 unspecified atom stereocenters. The molecule has 0 bridgehead atoms. The molecule has 26 heavy (non-hydrogen) atoms. The van der Waals surface area contributed by atoms with Gasteiger partial charge in [-0.25, -0.2) is 8.78 Å². The summed E-state index contributed by atoms with van der Waals surface area (Å²) in [7, 11) is 0. The second-order valence-electron chi connectivity index (χ2n) is 6.98. The van der Waals surface area contributed by atoms with Gasteiger partial charge < -0.3 is 10.2 Å². The van der Waals surface area contributed by atoms with E-state index in [1.165, 1.54) is 18.2 Å². The van der Waals surface area contributed by atoms with Gasteiger partial charge in [-0.15, -0.1) is 0 Å². The lowest BCUT2D eigenvalue weighted by molar-refractivity contribution is 0.0337. The van der Waals surface area contributed by atoms with Crippen molar-refractivity contribution in [3.63, 3.8) is 0 Å². The second-order valence-corrected chi connectivity index (χ2v) is 6.98. The van der Waals surface area contributed by atoms with Gasteiger partial charge in [0.25, 0.3) is 0 Å². The van der Waals surface area contributed by atoms with E-state index in [0.29, 0.717) is 19.4 Å². The largest absolute Gasteiger partial charge is 0.394 e. The zero-order valence-corrected chi connectivity index (χ0v) is 14.8. The molecular weight excluding hydrogens is 338 g/mol. The highest BCUT2D eigenvalue weighted by Crippen LogP contribution is 2.35. The molecule has 1 heterocycles. The highest BCUT2D eigenvalue weighted by Gasteiger charge is 2.29. The Balaban J connectivity index is 1.75. The summed E-state index contributed by atoms with van der Waals surface area (Å²) in [6, 6.07) is 6.55. The van der Waals surface area contributed by atoms with Crippen LogP contribution in [0, 0.1) is 5.82 Å². The SMILES string of the molecule is OCC(O)CN1CCN(C(C2=CC=C(F)CC2)c2ccc(F)cc2)CC1. The Kier molecular flexibility index (Phi) is 6.53. The number of piperazine rings is 1. The molecule has 142 valence electrons. The first-order chi connectivity index (χ1) is 12.6. The van der Waals surface area contributed by atoms with E-state index in [0.717, 1.165) is 37.3 Å². The van der Waals surface area contributed by atoms with Crippen molar-refractivity contribution in [2.45, 2.75) is 25.0 Å². The quantitative estimate of drug-likeness (QED) is 0.814. The Labute approximate surface area is 153 Å². The summed E-state index contributed by atoms with van der Waals surface area (Å²) in [5.74, 6) is -0.367. The number of benzene rings is 1. The first-order valence-electron chi connectivity index (χ1n) is 9.12. The maximum Gasteiger partial charge on any atom is 0.123 e. The fourth-order valence-corrected chi connectivity index (χ4v) is 3.72. The van der Waals surface area contributed by atoms with Crippen LogP contribution >= 0.6 is 0 Å². The topological polar surface area (TPSA) is 46.9 Å². The minimum absolute atomic E-state index is 0.00450. The van der Waals surface area contributed by atoms with Gasteiger partial charge in [-0.3, -0.25) is 9.80 Å². The van der Waals surface area contributed by atoms with Crippen LogP contribution in [0.1, 0.15) is 24.4 Å². The van der Waals surface area contributed by atoms with Crippen molar-refractivity contribution >= 4 is 0 Å². The van der Waals surface area contributed by atoms with Crippen LogP contribution in [0.5, 0.6) is 0 Å². The molecule has 2 aliphatic rings. The van der Waals surface area contributed by atoms with Crippen LogP contribution in [0.25, 0.3) is 0 Å². The van der Waals surface area contributed by atoms with Crippen molar-refractivity contribution in [1.29, 1.82) is 0 Å². The number of aliphatic hydroxyl groups is 2. The van der Waals surface area contributed by atoms with Crippen LogP contribution in [0.15, 0.2) is 47.8 Å². The Morgan fingerprint density at radius 3 is 2.23 bits per heavy atom. The molecule has 3 rings (SSSR count). The Bertz CT molecular complexity index is 652. The van der Waals surface area contributed by atoms with Crippen molar-refractivity contribution in [2.24, 2.45) is 0 Å². The standard InChI is InChI=1S/C20H26F2N2O2/c21-17-5-1-15(2-6-17)20(16-3-7-18(22)8-4-16)24-11-9-23(10-12-24)13-19(26)14-25/h1-3,5-7,19-20,25-26H,4,8-14H2. The highest BCUT2D eigenvalue weighted by atomic mass is 19.1. The summed E-state index contributed by atoms with van der Waals surface area (Å²) in [5.41, 5.74) is 2.15. The van der Waals surface area contributed by atoms with Crippen molar-refractivity contribution in [1.82, 2.24) is 9.80 Å². The molecule has 1 aliphatic carbocycles. The molecule has 4 nitrogen and oxygen atoms in total. The molecule has 2 N–H and O–H groups in total. The summed E-state index contributed by atoms with van der Waals surface area (Å²) in [5, 5.41) is 18.6. The third kappa shape index (κ3) is 4.76. The van der Waals surface area contributed by atoms with Gasteiger partial charge in [0.2, 0.25) is 0 Å². The second kappa shape index (κ2) is 8.86. The van der Waals surface area contributed by atoms with E-state index in [1.807, 2.05) is 6.08 Å². The summed E-state index contributed by atoms with van der Waals surface area (Å²) < 4.78 is 26.8. The van der Waals surface area contributed by atoms with Crippen LogP contribution < -0.4 is 0 Å². The molecule has 0 radical (unpaired) electrons. The Morgan fingerprint density at radius 2 is 1.65 bits per heavy atom. The smallest absolute Gasteiger partial charge is 0.123 e. The maximum atomic E-state index is 13.4. The number of allylic oxidation sites excluding steroid dienone is 3. The molecule has 1 aliphatic heterocycles. The lowest BCUT2D eigenvalue weighted by atomic mass is 9.90. The first-order valence-corrected chi connectivity index (χ1v) is 9.12. The summed E-state index contributed by atoms with van der Waals surface area (Å²) in [6.07, 6.45) is 3.74. The van der Waals surface area contributed by atoms with Crippen LogP contribution in [0.2, 0.25) is 0 Å². The summed E-state index contributed by atoms with van der Waals surface area (Å²) in [6.45, 7) is 3.39. The van der Waals surface area contributed by atoms with E-state index in [1.54, 1.807) is 12.1 Å². The summed E-state index contributed by atoms with van der Waals surface area (Å²) in [4.78, 5) is 4.46. The van der Waals surface area contributed by atoms with Crippen molar-refractivity contribution < 1.29 is 19.0 Å². The van der Waals surface area contributed by atoms with Gasteiger partial charge >= 0.3 is 0 Å². The molecule has 1 aromatic rings. The average Bonchev–Trinajstić information content (AvgIpc) is 2.66. The predicted molar refractivity (Wildman–Crippen MR) is 96.8 cm³/mol. The van der Waals surface area contributed by atoms with Crippen molar-refractivity contribution in [3.05, 3.63) is 59.2 Å². The fourth-order valence-electron chi connectivity index (χ4n) is 3.72. The first kappa shape index (κ1) is 19.2. The number of hydrogen-bond acceptors (Lipinski definition) is 4. The van der Waals surface area contributed by atoms with Gasteiger partial charge in [0.15, 0.2) is 0 Å². The van der Waals surface area contributed by atoms with Crippen molar-refractivity contribution in [3.8, 4) is 0 Å². The van der Waals surface area contributed by atoms with E-state index < -0.39 is 6.10 Å². The van der Waals surface area contributed by atoms with Gasteiger partial charge in [-0.1, -0.05) is 18.2 Å². The van der Waals surface area contributed by atoms with E-state index in [-0.39, 0.29) is 24.3 Å². The highest BCUT2D eigenvalue weighted by molar-refractivity contribution is 5.33. The van der Waals surface area contributed by atoms with Gasteiger partial charge in [0.1, 0.15) is 11.6 Å². The molecule has 0 saturated carbocycles. The van der Waals surface area contributed by atoms with Gasteiger partial charge in [0.05, 0.1) is 18.8 Å². The van der Waals surface area contributed by atoms with Gasteiger partial charge in [0, 0.05) is 39.1 Å². The number of hydrogen-bond donors (Lipinski definition) is 2. The molecule has 0 amide bonds. The monoisotopic (exact) mass is 364 g/mol. The molecule has 6 heteroatoms. The minimum Gasteiger partial charge on any atom is -0.394 e. The number of halogens is 2. The lowest BCUT2D eigenvalue weighted by Gasteiger charge is -2.41. The summed E-state index contributed by atoms with van der Waals surface area (Å²) >= 11 is 0. The zero-order valence-electron chi connectivity index (χ0n) is 14.8. The Hall–Kier alpha value is -1.60. The van der Waals surface area contributed by atoms with Crippen molar-refractivity contribution in [2.75, 3.05) is 39.3 Å². The average molecular weight is 364 g/mol. The van der Waals surface area contributed by atoms with Crippen LogP contribution in [-0.2, 0) is 0 Å². The van der Waals surface area contributed by atoms with Crippen LogP contribution in [0.4, 0.5) is 8.78 Å². The fraction of sp³-hybridized carbons (Fsp3) is 0.500. The molecular formula is C20H26F2N2O2. The normalized spacial score (nSPS) is 21.8. The number of β-amino-alcohol motifs (C(OH)–C–C–N with tert-alkyl or cyclic N) is 1. The van der Waals surface area contributed by atoms with E-state index in [2.05, 4.69) is 9.80 Å². The number of nitrogens with zero attached hydrogens (tertiary/aromatic N) is 2. The maximum absolute atomic E-state index is 13.4. The number of rotatable bonds is 6. The van der Waals surface area contributed by atoms with Crippen LogP contribution in [0.3, 0.4) is 0 Å². The van der Waals surface area contributed by atoms with Gasteiger partial charge in [-0.05, 0) is 35.8 Å². The van der Waals surface area contributed by atoms with Gasteiger partial charge in [-0.2, -0.15) is 0 Å². The predicted octanol–water partition coefficient (Wildman–Crippen LogP) is 2.41. The molecule has 1 fully saturated rings. The van der Waals surface area contributed by atoms with E-state index in [4.69, 9.17) is 5.11 Å². The molecule has 0 spiro atoms. The van der Waals surface area contributed by atoms with E-state index in [9.17, 15) is 13.9 Å². The molecule has 1 aromatic carbocycles. The van der Waals surface area contributed by atoms with E-state index >= 15 is 0 Å². The zero-order chi connectivity index (χ0) is 18.5. The molecule has 0 aromatic heterocycles. The molecule has 2 atom stereocenters.